The van der Waals surface area contributed by atoms with E-state index >= 15 is 0 Å². The van der Waals surface area contributed by atoms with E-state index in [4.69, 9.17) is 9.15 Å². The van der Waals surface area contributed by atoms with Gasteiger partial charge in [-0.05, 0) is 65.6 Å². The zero-order chi connectivity index (χ0) is 22.3. The minimum absolute atomic E-state index is 0.215. The molecule has 0 fully saturated rings. The molecule has 0 aliphatic rings. The molecule has 4 rings (SSSR count). The Morgan fingerprint density at radius 3 is 2.69 bits per heavy atom. The van der Waals surface area contributed by atoms with E-state index in [0.717, 1.165) is 32.3 Å². The number of hydrogen-bond donors (Lipinski definition) is 1. The molecule has 0 atom stereocenters. The highest BCUT2D eigenvalue weighted by Gasteiger charge is 2.11. The number of allylic oxidation sites excluding steroid dienone is 1. The number of hydrogen-bond acceptors (Lipinski definition) is 4. The SMILES string of the molecule is C=CCc1cc(/C=N/NC(=O)c2cc3ccccc3o2)ccc1OCc1ccc(Br)cc1. The molecule has 0 bridgehead atoms. The Hall–Kier alpha value is -3.64. The summed E-state index contributed by atoms with van der Waals surface area (Å²) in [6, 6.07) is 22.9. The van der Waals surface area contributed by atoms with Crippen LogP contribution in [0.25, 0.3) is 11.0 Å². The topological polar surface area (TPSA) is 63.8 Å². The number of hydrazone groups is 1. The first kappa shape index (κ1) is 21.6. The van der Waals surface area contributed by atoms with Gasteiger partial charge in [-0.1, -0.05) is 52.3 Å². The van der Waals surface area contributed by atoms with Gasteiger partial charge in [0, 0.05) is 9.86 Å². The molecule has 6 heteroatoms. The third-order valence-electron chi connectivity index (χ3n) is 4.79. The monoisotopic (exact) mass is 488 g/mol. The molecule has 0 spiro atoms. The number of para-hydroxylation sites is 1. The molecule has 5 nitrogen and oxygen atoms in total. The molecule has 0 saturated heterocycles. The summed E-state index contributed by atoms with van der Waals surface area (Å²) in [6.45, 7) is 4.30. The van der Waals surface area contributed by atoms with Crippen LogP contribution in [0.3, 0.4) is 0 Å². The summed E-state index contributed by atoms with van der Waals surface area (Å²) in [5, 5.41) is 4.94. The summed E-state index contributed by atoms with van der Waals surface area (Å²) < 4.78 is 12.6. The summed E-state index contributed by atoms with van der Waals surface area (Å²) in [5.74, 6) is 0.599. The van der Waals surface area contributed by atoms with Crippen molar-refractivity contribution in [1.82, 2.24) is 5.43 Å². The van der Waals surface area contributed by atoms with Crippen molar-refractivity contribution in [3.63, 3.8) is 0 Å². The molecule has 1 aromatic heterocycles. The van der Waals surface area contributed by atoms with E-state index < -0.39 is 5.91 Å². The number of nitrogens with zero attached hydrogens (tertiary/aromatic N) is 1. The van der Waals surface area contributed by atoms with Gasteiger partial charge in [0.15, 0.2) is 5.76 Å². The van der Waals surface area contributed by atoms with Gasteiger partial charge in [-0.2, -0.15) is 5.10 Å². The van der Waals surface area contributed by atoms with Crippen molar-refractivity contribution in [3.8, 4) is 5.75 Å². The zero-order valence-electron chi connectivity index (χ0n) is 17.3. The van der Waals surface area contributed by atoms with Crippen molar-refractivity contribution in [2.45, 2.75) is 13.0 Å². The quantitative estimate of drug-likeness (QED) is 0.180. The summed E-state index contributed by atoms with van der Waals surface area (Å²) in [4.78, 5) is 12.3. The Balaban J connectivity index is 1.41. The lowest BCUT2D eigenvalue weighted by Gasteiger charge is -2.11. The number of ether oxygens (including phenoxy) is 1. The van der Waals surface area contributed by atoms with Crippen LogP contribution in [0, 0.1) is 0 Å². The van der Waals surface area contributed by atoms with Crippen LogP contribution in [0.2, 0.25) is 0 Å². The highest BCUT2D eigenvalue weighted by molar-refractivity contribution is 9.10. The third-order valence-corrected chi connectivity index (χ3v) is 5.31. The molecule has 32 heavy (non-hydrogen) atoms. The van der Waals surface area contributed by atoms with Crippen molar-refractivity contribution < 1.29 is 13.9 Å². The van der Waals surface area contributed by atoms with Gasteiger partial charge in [-0.25, -0.2) is 5.43 Å². The number of amides is 1. The van der Waals surface area contributed by atoms with Gasteiger partial charge in [0.05, 0.1) is 6.21 Å². The van der Waals surface area contributed by atoms with Crippen LogP contribution in [-0.2, 0) is 13.0 Å². The molecule has 0 radical (unpaired) electrons. The van der Waals surface area contributed by atoms with Crippen molar-refractivity contribution in [1.29, 1.82) is 0 Å². The smallest absolute Gasteiger partial charge is 0.307 e. The van der Waals surface area contributed by atoms with E-state index in [1.165, 1.54) is 0 Å². The second-order valence-corrected chi connectivity index (χ2v) is 8.04. The molecule has 3 aromatic carbocycles. The van der Waals surface area contributed by atoms with Crippen LogP contribution < -0.4 is 10.2 Å². The average molecular weight is 489 g/mol. The van der Waals surface area contributed by atoms with E-state index in [1.54, 1.807) is 12.3 Å². The Bertz CT molecular complexity index is 1240. The molecule has 160 valence electrons. The lowest BCUT2D eigenvalue weighted by Crippen LogP contribution is -2.16. The Kier molecular flexibility index (Phi) is 6.82. The van der Waals surface area contributed by atoms with Gasteiger partial charge < -0.3 is 9.15 Å². The molecule has 1 N–H and O–H groups in total. The number of halogens is 1. The number of benzene rings is 3. The van der Waals surface area contributed by atoms with Crippen LogP contribution in [0.4, 0.5) is 0 Å². The minimum atomic E-state index is -0.404. The van der Waals surface area contributed by atoms with Crippen LogP contribution in [0.5, 0.6) is 5.75 Å². The van der Waals surface area contributed by atoms with E-state index in [0.29, 0.717) is 18.6 Å². The van der Waals surface area contributed by atoms with Crippen LogP contribution in [0.15, 0.2) is 99.4 Å². The lowest BCUT2D eigenvalue weighted by molar-refractivity contribution is 0.0929. The molecule has 0 aliphatic heterocycles. The predicted octanol–water partition coefficient (Wildman–Crippen LogP) is 6.27. The highest BCUT2D eigenvalue weighted by atomic mass is 79.9. The maximum Gasteiger partial charge on any atom is 0.307 e. The lowest BCUT2D eigenvalue weighted by atomic mass is 10.1. The first-order valence-corrected chi connectivity index (χ1v) is 10.8. The van der Waals surface area contributed by atoms with Crippen molar-refractivity contribution >= 4 is 39.0 Å². The molecular formula is C26H21BrN2O3. The van der Waals surface area contributed by atoms with Crippen molar-refractivity contribution in [3.05, 3.63) is 112 Å². The van der Waals surface area contributed by atoms with Gasteiger partial charge in [-0.3, -0.25) is 4.79 Å². The molecule has 4 aromatic rings. The van der Waals surface area contributed by atoms with Crippen molar-refractivity contribution in [2.24, 2.45) is 5.10 Å². The summed E-state index contributed by atoms with van der Waals surface area (Å²) >= 11 is 3.44. The van der Waals surface area contributed by atoms with Gasteiger partial charge in [0.25, 0.3) is 0 Å². The van der Waals surface area contributed by atoms with E-state index in [9.17, 15) is 4.79 Å². The normalized spacial score (nSPS) is 11.0. The van der Waals surface area contributed by atoms with Gasteiger partial charge in [-0.15, -0.1) is 6.58 Å². The third kappa shape index (κ3) is 5.34. The van der Waals surface area contributed by atoms with Crippen molar-refractivity contribution in [2.75, 3.05) is 0 Å². The van der Waals surface area contributed by atoms with Gasteiger partial charge >= 0.3 is 5.91 Å². The van der Waals surface area contributed by atoms with E-state index in [1.807, 2.05) is 72.8 Å². The Morgan fingerprint density at radius 1 is 1.09 bits per heavy atom. The van der Waals surface area contributed by atoms with Crippen LogP contribution >= 0.6 is 15.9 Å². The Morgan fingerprint density at radius 2 is 1.91 bits per heavy atom. The first-order valence-electron chi connectivity index (χ1n) is 10.1. The fourth-order valence-corrected chi connectivity index (χ4v) is 3.46. The average Bonchev–Trinajstić information content (AvgIpc) is 3.24. The predicted molar refractivity (Wildman–Crippen MR) is 130 cm³/mol. The molecule has 1 heterocycles. The number of furan rings is 1. The Labute approximate surface area is 194 Å². The second kappa shape index (κ2) is 10.1. The second-order valence-electron chi connectivity index (χ2n) is 7.12. The zero-order valence-corrected chi connectivity index (χ0v) is 18.8. The molecule has 0 unspecified atom stereocenters. The van der Waals surface area contributed by atoms with Gasteiger partial charge in [0.1, 0.15) is 17.9 Å². The number of rotatable bonds is 8. The van der Waals surface area contributed by atoms with Crippen LogP contribution in [-0.4, -0.2) is 12.1 Å². The number of fused-ring (bicyclic) bond motifs is 1. The minimum Gasteiger partial charge on any atom is -0.489 e. The molecule has 0 saturated carbocycles. The largest absolute Gasteiger partial charge is 0.489 e. The van der Waals surface area contributed by atoms with E-state index in [2.05, 4.69) is 33.0 Å². The molecule has 1 amide bonds. The fourth-order valence-electron chi connectivity index (χ4n) is 3.19. The number of carbonyl (C=O) groups is 1. The fraction of sp³-hybridized carbons (Fsp3) is 0.0769. The van der Waals surface area contributed by atoms with E-state index in [-0.39, 0.29) is 5.76 Å². The summed E-state index contributed by atoms with van der Waals surface area (Å²) in [5.41, 5.74) is 6.08. The highest BCUT2D eigenvalue weighted by Crippen LogP contribution is 2.23. The first-order chi connectivity index (χ1) is 15.6. The van der Waals surface area contributed by atoms with Crippen LogP contribution in [0.1, 0.15) is 27.2 Å². The molecule has 0 aliphatic carbocycles. The summed E-state index contributed by atoms with van der Waals surface area (Å²) in [7, 11) is 0. The summed E-state index contributed by atoms with van der Waals surface area (Å²) in [6.07, 6.45) is 4.07. The maximum absolute atomic E-state index is 12.3. The number of nitrogens with one attached hydrogen (secondary N) is 1. The molecular weight excluding hydrogens is 468 g/mol. The number of carbonyl (C=O) groups excluding carboxylic acids is 1. The van der Waals surface area contributed by atoms with Gasteiger partial charge in [0.2, 0.25) is 0 Å². The standard InChI is InChI=1S/C26H21BrN2O3/c1-2-5-20-14-19(10-13-23(20)31-17-18-8-11-22(27)12-9-18)16-28-29-26(30)25-15-21-6-3-4-7-24(21)32-25/h2-4,6-16H,1,5,17H2,(H,29,30)/b28-16+. The maximum atomic E-state index is 12.3.